The van der Waals surface area contributed by atoms with Crippen molar-refractivity contribution in [2.45, 2.75) is 32.2 Å². The largest absolute Gasteiger partial charge is 0.481 e. The Labute approximate surface area is 213 Å². The van der Waals surface area contributed by atoms with E-state index in [1.54, 1.807) is 47.8 Å². The lowest BCUT2D eigenvalue weighted by atomic mass is 9.73. The number of carbonyl (C=O) groups excluding carboxylic acids is 1. The Morgan fingerprint density at radius 2 is 1.83 bits per heavy atom. The van der Waals surface area contributed by atoms with Gasteiger partial charge in [-0.25, -0.2) is 4.98 Å². The first-order chi connectivity index (χ1) is 16.8. The van der Waals surface area contributed by atoms with Crippen LogP contribution in [0.5, 0.6) is 0 Å². The van der Waals surface area contributed by atoms with Crippen LogP contribution in [0.15, 0.2) is 55.0 Å². The fourth-order valence-electron chi connectivity index (χ4n) is 4.49. The molecule has 9 heteroatoms. The smallest absolute Gasteiger partial charge is 0.310 e. The van der Waals surface area contributed by atoms with Gasteiger partial charge in [0.25, 0.3) is 0 Å². The highest BCUT2D eigenvalue weighted by molar-refractivity contribution is 6.42. The van der Waals surface area contributed by atoms with Crippen molar-refractivity contribution >= 4 is 35.1 Å². The SMILES string of the molecule is N#Cc1ccc(Cn2cncc2CC(=O)N2CCC(Cc3cccc(Cl)c3Cl)(C(=O)O)CC2)cc1. The molecule has 1 aliphatic rings. The summed E-state index contributed by atoms with van der Waals surface area (Å²) in [6.07, 6.45) is 4.47. The van der Waals surface area contributed by atoms with E-state index in [9.17, 15) is 14.7 Å². The summed E-state index contributed by atoms with van der Waals surface area (Å²) in [5, 5.41) is 19.8. The molecule has 7 nitrogen and oxygen atoms in total. The summed E-state index contributed by atoms with van der Waals surface area (Å²) in [7, 11) is 0. The van der Waals surface area contributed by atoms with Crippen molar-refractivity contribution < 1.29 is 14.7 Å². The number of hydrogen-bond acceptors (Lipinski definition) is 4. The number of aliphatic carboxylic acids is 1. The second-order valence-electron chi connectivity index (χ2n) is 8.85. The van der Waals surface area contributed by atoms with Gasteiger partial charge in [0.1, 0.15) is 0 Å². The maximum atomic E-state index is 13.1. The number of amides is 1. The van der Waals surface area contributed by atoms with Crippen LogP contribution in [0.2, 0.25) is 10.0 Å². The van der Waals surface area contributed by atoms with E-state index in [1.807, 2.05) is 16.7 Å². The summed E-state index contributed by atoms with van der Waals surface area (Å²) >= 11 is 12.4. The van der Waals surface area contributed by atoms with E-state index in [-0.39, 0.29) is 18.7 Å². The van der Waals surface area contributed by atoms with E-state index >= 15 is 0 Å². The fourth-order valence-corrected chi connectivity index (χ4v) is 4.87. The van der Waals surface area contributed by atoms with Crippen molar-refractivity contribution in [1.82, 2.24) is 14.5 Å². The Morgan fingerprint density at radius 1 is 1.11 bits per heavy atom. The molecule has 0 bridgehead atoms. The van der Waals surface area contributed by atoms with Crippen molar-refractivity contribution in [3.63, 3.8) is 0 Å². The van der Waals surface area contributed by atoms with Gasteiger partial charge in [-0.05, 0) is 48.6 Å². The standard InChI is InChI=1S/C26H24Cl2N4O3/c27-22-3-1-2-20(24(22)28)13-26(25(34)35)8-10-31(11-9-26)23(33)12-21-15-30-17-32(21)16-19-6-4-18(14-29)5-7-19/h1-7,15,17H,8-13,16H2,(H,34,35). The molecule has 35 heavy (non-hydrogen) atoms. The number of benzene rings is 2. The highest BCUT2D eigenvalue weighted by Gasteiger charge is 2.43. The van der Waals surface area contributed by atoms with Crippen LogP contribution in [0.25, 0.3) is 0 Å². The molecule has 1 saturated heterocycles. The minimum absolute atomic E-state index is 0.0636. The number of halogens is 2. The summed E-state index contributed by atoms with van der Waals surface area (Å²) in [5.41, 5.74) is 2.07. The number of carboxylic acids is 1. The van der Waals surface area contributed by atoms with Gasteiger partial charge < -0.3 is 14.6 Å². The third-order valence-electron chi connectivity index (χ3n) is 6.65. The quantitative estimate of drug-likeness (QED) is 0.501. The van der Waals surface area contributed by atoms with Crippen molar-refractivity contribution in [2.24, 2.45) is 5.41 Å². The summed E-state index contributed by atoms with van der Waals surface area (Å²) in [6.45, 7) is 1.25. The lowest BCUT2D eigenvalue weighted by Crippen LogP contribution is -2.48. The minimum atomic E-state index is -0.998. The first kappa shape index (κ1) is 24.8. The molecule has 1 N–H and O–H groups in total. The van der Waals surface area contributed by atoms with Crippen molar-refractivity contribution in [2.75, 3.05) is 13.1 Å². The van der Waals surface area contributed by atoms with Crippen molar-refractivity contribution in [3.8, 4) is 6.07 Å². The molecule has 1 aliphatic heterocycles. The average Bonchev–Trinajstić information content (AvgIpc) is 3.29. The Hall–Kier alpha value is -3.34. The summed E-state index contributed by atoms with van der Waals surface area (Å²) in [4.78, 5) is 31.2. The Morgan fingerprint density at radius 3 is 2.49 bits per heavy atom. The third-order valence-corrected chi connectivity index (χ3v) is 7.51. The van der Waals surface area contributed by atoms with Crippen LogP contribution in [-0.2, 0) is 29.0 Å². The lowest BCUT2D eigenvalue weighted by Gasteiger charge is -2.39. The molecule has 180 valence electrons. The second kappa shape index (κ2) is 10.5. The molecular weight excluding hydrogens is 487 g/mol. The Kier molecular flexibility index (Phi) is 7.44. The molecular formula is C26H24Cl2N4O3. The molecule has 0 unspecified atom stereocenters. The third kappa shape index (κ3) is 5.50. The molecule has 0 atom stereocenters. The molecule has 1 amide bonds. The summed E-state index contributed by atoms with van der Waals surface area (Å²) in [5.74, 6) is -0.951. The van der Waals surface area contributed by atoms with Gasteiger partial charge in [-0.3, -0.25) is 9.59 Å². The number of nitriles is 1. The molecule has 3 aromatic rings. The number of imidazole rings is 1. The maximum Gasteiger partial charge on any atom is 0.310 e. The molecule has 0 radical (unpaired) electrons. The van der Waals surface area contributed by atoms with E-state index in [0.29, 0.717) is 53.6 Å². The van der Waals surface area contributed by atoms with Crippen LogP contribution in [0.3, 0.4) is 0 Å². The van der Waals surface area contributed by atoms with Gasteiger partial charge >= 0.3 is 5.97 Å². The number of piperidine rings is 1. The lowest BCUT2D eigenvalue weighted by molar-refractivity contribution is -0.154. The van der Waals surface area contributed by atoms with Gasteiger partial charge in [0, 0.05) is 31.5 Å². The fraction of sp³-hybridized carbons (Fsp3) is 0.308. The Bertz CT molecular complexity index is 1270. The maximum absolute atomic E-state index is 13.1. The number of likely N-dealkylation sites (tertiary alicyclic amines) is 1. The predicted octanol–water partition coefficient (Wildman–Crippen LogP) is 4.59. The number of carboxylic acid groups (broad SMARTS) is 1. The van der Waals surface area contributed by atoms with Gasteiger partial charge in [-0.2, -0.15) is 5.26 Å². The highest BCUT2D eigenvalue weighted by Crippen LogP contribution is 2.38. The first-order valence-electron chi connectivity index (χ1n) is 11.2. The zero-order valence-corrected chi connectivity index (χ0v) is 20.5. The molecule has 2 heterocycles. The number of rotatable bonds is 7. The molecule has 0 spiro atoms. The second-order valence-corrected chi connectivity index (χ2v) is 9.64. The van der Waals surface area contributed by atoms with E-state index in [0.717, 1.165) is 11.3 Å². The van der Waals surface area contributed by atoms with E-state index in [2.05, 4.69) is 11.1 Å². The van der Waals surface area contributed by atoms with Gasteiger partial charge in [0.05, 0.1) is 39.8 Å². The van der Waals surface area contributed by atoms with Crippen LogP contribution in [-0.4, -0.2) is 44.5 Å². The number of aromatic nitrogens is 2. The van der Waals surface area contributed by atoms with Gasteiger partial charge in [0.2, 0.25) is 5.91 Å². The topological polar surface area (TPSA) is 99.2 Å². The normalized spacial score (nSPS) is 14.9. The Balaban J connectivity index is 1.40. The molecule has 0 saturated carbocycles. The number of hydrogen-bond donors (Lipinski definition) is 1. The first-order valence-corrected chi connectivity index (χ1v) is 12.0. The zero-order valence-electron chi connectivity index (χ0n) is 19.0. The van der Waals surface area contributed by atoms with Crippen LogP contribution in [0.1, 0.15) is 35.2 Å². The van der Waals surface area contributed by atoms with Crippen LogP contribution in [0, 0.1) is 16.7 Å². The van der Waals surface area contributed by atoms with E-state index in [4.69, 9.17) is 28.5 Å². The summed E-state index contributed by atoms with van der Waals surface area (Å²) < 4.78 is 1.91. The minimum Gasteiger partial charge on any atom is -0.481 e. The average molecular weight is 511 g/mol. The van der Waals surface area contributed by atoms with Crippen LogP contribution >= 0.6 is 23.2 Å². The summed E-state index contributed by atoms with van der Waals surface area (Å²) in [6, 6.07) is 14.6. The number of carbonyl (C=O) groups is 2. The van der Waals surface area contributed by atoms with Crippen LogP contribution in [0.4, 0.5) is 0 Å². The molecule has 1 fully saturated rings. The van der Waals surface area contributed by atoms with Gasteiger partial charge in [-0.1, -0.05) is 47.5 Å². The zero-order chi connectivity index (χ0) is 25.0. The molecule has 4 rings (SSSR count). The number of nitrogens with zero attached hydrogens (tertiary/aromatic N) is 4. The van der Waals surface area contributed by atoms with Crippen molar-refractivity contribution in [1.29, 1.82) is 5.26 Å². The van der Waals surface area contributed by atoms with Crippen molar-refractivity contribution in [3.05, 3.63) is 87.4 Å². The van der Waals surface area contributed by atoms with E-state index in [1.165, 1.54) is 0 Å². The van der Waals surface area contributed by atoms with Gasteiger partial charge in [0.15, 0.2) is 0 Å². The van der Waals surface area contributed by atoms with Gasteiger partial charge in [-0.15, -0.1) is 0 Å². The molecule has 1 aromatic heterocycles. The molecule has 2 aromatic carbocycles. The molecule has 0 aliphatic carbocycles. The monoisotopic (exact) mass is 510 g/mol. The predicted molar refractivity (Wildman–Crippen MR) is 132 cm³/mol. The highest BCUT2D eigenvalue weighted by atomic mass is 35.5. The van der Waals surface area contributed by atoms with E-state index < -0.39 is 11.4 Å². The van der Waals surface area contributed by atoms with Crippen LogP contribution < -0.4 is 0 Å².